The zero-order valence-corrected chi connectivity index (χ0v) is 17.7. The van der Waals surface area contributed by atoms with Gasteiger partial charge in [0.05, 0.1) is 11.8 Å². The van der Waals surface area contributed by atoms with E-state index < -0.39 is 0 Å². The van der Waals surface area contributed by atoms with Crippen LogP contribution >= 0.6 is 0 Å². The van der Waals surface area contributed by atoms with Crippen LogP contribution in [0.25, 0.3) is 0 Å². The molecule has 0 radical (unpaired) electrons. The Morgan fingerprint density at radius 1 is 1.29 bits per heavy atom. The van der Waals surface area contributed by atoms with Crippen molar-refractivity contribution in [2.45, 2.75) is 70.3 Å². The Morgan fingerprint density at radius 2 is 2.04 bits per heavy atom. The Labute approximate surface area is 170 Å². The number of hydrogen-bond acceptors (Lipinski definition) is 3. The number of benzene rings is 1. The van der Waals surface area contributed by atoms with Crippen LogP contribution in [-0.2, 0) is 4.74 Å². The number of methoxy groups -OCH3 is 1. The van der Waals surface area contributed by atoms with Gasteiger partial charge in [-0.05, 0) is 73.8 Å². The predicted molar refractivity (Wildman–Crippen MR) is 118 cm³/mol. The topological polar surface area (TPSA) is 41.8 Å². The summed E-state index contributed by atoms with van der Waals surface area (Å²) in [5, 5.41) is 9.76. The second kappa shape index (κ2) is 9.67. The van der Waals surface area contributed by atoms with E-state index in [1.165, 1.54) is 47.9 Å². The minimum absolute atomic E-state index is 0.118. The van der Waals surface area contributed by atoms with E-state index in [1.807, 2.05) is 13.0 Å². The van der Waals surface area contributed by atoms with E-state index in [4.69, 9.17) is 9.73 Å². The van der Waals surface area contributed by atoms with E-state index in [2.05, 4.69) is 31.7 Å². The monoisotopic (exact) mass is 381 g/mol. The highest BCUT2D eigenvalue weighted by Gasteiger charge is 2.33. The standard InChI is InChI=1S/C25H35NO2/c1-5-8-17(2)25-22-16-20(19-9-6-7-10-19)15-18(3)24(22)21(11-13-27)23(26-25)12-14-28-4/h5,8,15-16,19,21,23,27H,2,6-7,9-14H2,1,3-4H3/b8-5-. The van der Waals surface area contributed by atoms with Gasteiger partial charge in [0, 0.05) is 31.8 Å². The molecule has 1 aromatic rings. The Bertz CT molecular complexity index is 756. The summed E-state index contributed by atoms with van der Waals surface area (Å²) in [6.45, 7) is 9.42. The number of aliphatic imine (C=N–C) groups is 1. The second-order valence-corrected chi connectivity index (χ2v) is 8.25. The molecule has 0 aromatic heterocycles. The molecular weight excluding hydrogens is 346 g/mol. The summed E-state index contributed by atoms with van der Waals surface area (Å²) in [6, 6.07) is 4.89. The van der Waals surface area contributed by atoms with Gasteiger partial charge in [-0.15, -0.1) is 0 Å². The lowest BCUT2D eigenvalue weighted by Gasteiger charge is -2.34. The van der Waals surface area contributed by atoms with Crippen molar-refractivity contribution in [3.8, 4) is 0 Å². The quantitative estimate of drug-likeness (QED) is 0.608. The molecule has 0 saturated heterocycles. The van der Waals surface area contributed by atoms with Crippen molar-refractivity contribution in [3.63, 3.8) is 0 Å². The van der Waals surface area contributed by atoms with Crippen LogP contribution in [0.1, 0.15) is 79.5 Å². The summed E-state index contributed by atoms with van der Waals surface area (Å²) >= 11 is 0. The van der Waals surface area contributed by atoms with E-state index in [0.29, 0.717) is 12.5 Å². The third kappa shape index (κ3) is 4.31. The lowest BCUT2D eigenvalue weighted by molar-refractivity contribution is 0.180. The highest BCUT2D eigenvalue weighted by atomic mass is 16.5. The van der Waals surface area contributed by atoms with Crippen molar-refractivity contribution in [1.82, 2.24) is 0 Å². The first-order valence-corrected chi connectivity index (χ1v) is 10.7. The summed E-state index contributed by atoms with van der Waals surface area (Å²) in [5.74, 6) is 0.901. The zero-order valence-electron chi connectivity index (χ0n) is 17.7. The van der Waals surface area contributed by atoms with Gasteiger partial charge in [-0.25, -0.2) is 0 Å². The fraction of sp³-hybridized carbons (Fsp3) is 0.560. The predicted octanol–water partition coefficient (Wildman–Crippen LogP) is 5.46. The van der Waals surface area contributed by atoms with Crippen LogP contribution in [0.2, 0.25) is 0 Å². The van der Waals surface area contributed by atoms with Crippen molar-refractivity contribution in [2.24, 2.45) is 4.99 Å². The van der Waals surface area contributed by atoms with Crippen molar-refractivity contribution >= 4 is 5.71 Å². The minimum atomic E-state index is 0.118. The largest absolute Gasteiger partial charge is 0.396 e. The van der Waals surface area contributed by atoms with Gasteiger partial charge in [-0.2, -0.15) is 0 Å². The molecule has 1 aliphatic carbocycles. The zero-order chi connectivity index (χ0) is 20.1. The van der Waals surface area contributed by atoms with Crippen LogP contribution in [0.3, 0.4) is 0 Å². The number of hydrogen-bond donors (Lipinski definition) is 1. The summed E-state index contributed by atoms with van der Waals surface area (Å²) in [7, 11) is 1.74. The fourth-order valence-electron chi connectivity index (χ4n) is 5.04. The average Bonchev–Trinajstić information content (AvgIpc) is 3.22. The summed E-state index contributed by atoms with van der Waals surface area (Å²) in [6.07, 6.45) is 10.9. The van der Waals surface area contributed by atoms with Crippen LogP contribution < -0.4 is 0 Å². The van der Waals surface area contributed by atoms with Gasteiger partial charge in [-0.3, -0.25) is 4.99 Å². The number of aliphatic hydroxyl groups excluding tert-OH is 1. The molecule has 1 fully saturated rings. The summed E-state index contributed by atoms with van der Waals surface area (Å²) in [5.41, 5.74) is 7.36. The van der Waals surface area contributed by atoms with Crippen molar-refractivity contribution < 1.29 is 9.84 Å². The molecule has 0 amide bonds. The molecule has 1 aromatic carbocycles. The molecule has 1 heterocycles. The van der Waals surface area contributed by atoms with Crippen molar-refractivity contribution in [2.75, 3.05) is 20.3 Å². The number of nitrogens with zero attached hydrogens (tertiary/aromatic N) is 1. The number of aliphatic hydroxyl groups is 1. The second-order valence-electron chi connectivity index (χ2n) is 8.25. The molecule has 2 aliphatic rings. The molecule has 1 aliphatic heterocycles. The maximum absolute atomic E-state index is 9.76. The maximum Gasteiger partial charge on any atom is 0.0719 e. The molecule has 3 rings (SSSR count). The van der Waals surface area contributed by atoms with Crippen LogP contribution in [0, 0.1) is 6.92 Å². The SMILES string of the molecule is C=C(/C=C\C)C1=NC(CCOC)C(CCO)c2c(C)cc(C3CCCC3)cc21. The van der Waals surface area contributed by atoms with Crippen molar-refractivity contribution in [3.05, 3.63) is 58.7 Å². The third-order valence-electron chi connectivity index (χ3n) is 6.35. The lowest BCUT2D eigenvalue weighted by Crippen LogP contribution is -2.30. The van der Waals surface area contributed by atoms with E-state index >= 15 is 0 Å². The van der Waals surface area contributed by atoms with Gasteiger partial charge >= 0.3 is 0 Å². The van der Waals surface area contributed by atoms with Crippen LogP contribution in [0.15, 0.2) is 41.4 Å². The smallest absolute Gasteiger partial charge is 0.0719 e. The van der Waals surface area contributed by atoms with Gasteiger partial charge in [0.1, 0.15) is 0 Å². The molecule has 2 unspecified atom stereocenters. The highest BCUT2D eigenvalue weighted by Crippen LogP contribution is 2.42. The highest BCUT2D eigenvalue weighted by molar-refractivity contribution is 6.15. The third-order valence-corrected chi connectivity index (χ3v) is 6.35. The molecule has 0 bridgehead atoms. The first-order chi connectivity index (χ1) is 13.6. The normalized spacial score (nSPS) is 22.5. The first kappa shape index (κ1) is 21.0. The van der Waals surface area contributed by atoms with Crippen molar-refractivity contribution in [1.29, 1.82) is 0 Å². The first-order valence-electron chi connectivity index (χ1n) is 10.7. The van der Waals surface area contributed by atoms with Gasteiger partial charge in [0.2, 0.25) is 0 Å². The van der Waals surface area contributed by atoms with Gasteiger partial charge < -0.3 is 9.84 Å². The van der Waals surface area contributed by atoms with E-state index in [-0.39, 0.29) is 18.6 Å². The molecule has 28 heavy (non-hydrogen) atoms. The Balaban J connectivity index is 2.12. The number of allylic oxidation sites excluding steroid dienone is 3. The van der Waals surface area contributed by atoms with Crippen LogP contribution in [-0.4, -0.2) is 37.2 Å². The molecule has 0 spiro atoms. The summed E-state index contributed by atoms with van der Waals surface area (Å²) in [4.78, 5) is 5.16. The lowest BCUT2D eigenvalue weighted by atomic mass is 9.76. The molecule has 2 atom stereocenters. The van der Waals surface area contributed by atoms with Crippen LogP contribution in [0.4, 0.5) is 0 Å². The molecule has 3 nitrogen and oxygen atoms in total. The molecule has 1 N–H and O–H groups in total. The minimum Gasteiger partial charge on any atom is -0.396 e. The average molecular weight is 382 g/mol. The van der Waals surface area contributed by atoms with Gasteiger partial charge in [-0.1, -0.05) is 37.6 Å². The van der Waals surface area contributed by atoms with E-state index in [1.54, 1.807) is 7.11 Å². The fourth-order valence-corrected chi connectivity index (χ4v) is 5.04. The molecular formula is C25H35NO2. The number of rotatable bonds is 8. The van der Waals surface area contributed by atoms with E-state index in [9.17, 15) is 5.11 Å². The number of ether oxygens (including phenoxy) is 1. The Morgan fingerprint density at radius 3 is 2.68 bits per heavy atom. The maximum atomic E-state index is 9.76. The molecule has 3 heteroatoms. The molecule has 152 valence electrons. The Kier molecular flexibility index (Phi) is 7.25. The number of fused-ring (bicyclic) bond motifs is 1. The van der Waals surface area contributed by atoms with E-state index in [0.717, 1.165) is 24.1 Å². The van der Waals surface area contributed by atoms with Crippen LogP contribution in [0.5, 0.6) is 0 Å². The summed E-state index contributed by atoms with van der Waals surface area (Å²) < 4.78 is 5.35. The van der Waals surface area contributed by atoms with Gasteiger partial charge in [0.25, 0.3) is 0 Å². The van der Waals surface area contributed by atoms with Gasteiger partial charge in [0.15, 0.2) is 0 Å². The molecule has 1 saturated carbocycles. The number of aryl methyl sites for hydroxylation is 1. The Hall–Kier alpha value is -1.71.